The number of nitrogens with zero attached hydrogens (tertiary/aromatic N) is 2. The highest BCUT2D eigenvalue weighted by atomic mass is 35.5. The maximum Gasteiger partial charge on any atom is 0.313 e. The summed E-state index contributed by atoms with van der Waals surface area (Å²) in [6, 6.07) is 10.6. The molecule has 70 heavy (non-hydrogen) atoms. The Kier molecular flexibility index (Phi) is 26.0. The summed E-state index contributed by atoms with van der Waals surface area (Å²) in [5.41, 5.74) is -0.0932. The SMILES string of the molecule is COCCOCCOCCOCCOCCNC(=O)CCC(=O)OC(CCCNS(=O)(=O)c1ccc([N+](=O)[O-])cc1)C(=O)NCCN1CCC(NC(=O)C(=O)Nc2ccc(Cl)cc2)CC12CCCCC2. The minimum absolute atomic E-state index is 0.0640. The number of amides is 4. The Morgan fingerprint density at radius 1 is 0.800 bits per heavy atom. The summed E-state index contributed by atoms with van der Waals surface area (Å²) in [5.74, 6) is -3.34. The third-order valence-corrected chi connectivity index (χ3v) is 13.4. The molecule has 4 amide bonds. The van der Waals surface area contributed by atoms with Gasteiger partial charge in [0, 0.05) is 80.7 Å². The monoisotopic (exact) mass is 1030 g/mol. The highest BCUT2D eigenvalue weighted by molar-refractivity contribution is 7.89. The summed E-state index contributed by atoms with van der Waals surface area (Å²) in [4.78, 5) is 77.4. The zero-order valence-corrected chi connectivity index (χ0v) is 41.3. The molecule has 2 aliphatic rings. The molecule has 0 aromatic heterocycles. The summed E-state index contributed by atoms with van der Waals surface area (Å²) in [6.07, 6.45) is 4.14. The number of nitro groups is 1. The Morgan fingerprint density at radius 3 is 2.06 bits per heavy atom. The molecule has 1 aliphatic carbocycles. The first-order valence-electron chi connectivity index (χ1n) is 23.6. The molecule has 24 heteroatoms. The largest absolute Gasteiger partial charge is 0.452 e. The zero-order chi connectivity index (χ0) is 50.6. The molecule has 2 unspecified atom stereocenters. The number of nitrogens with one attached hydrogen (secondary N) is 5. The lowest BCUT2D eigenvalue weighted by atomic mass is 9.73. The first-order valence-corrected chi connectivity index (χ1v) is 25.5. The maximum absolute atomic E-state index is 13.7. The number of esters is 1. The number of rotatable bonds is 32. The smallest absolute Gasteiger partial charge is 0.313 e. The molecular weight excluding hydrogens is 958 g/mol. The van der Waals surface area contributed by atoms with Gasteiger partial charge in [0.25, 0.3) is 11.6 Å². The Hall–Kier alpha value is -4.85. The lowest BCUT2D eigenvalue weighted by molar-refractivity contribution is -0.384. The highest BCUT2D eigenvalue weighted by Crippen LogP contribution is 2.40. The molecular formula is C46H68ClN7O15S. The summed E-state index contributed by atoms with van der Waals surface area (Å²) >= 11 is 5.94. The van der Waals surface area contributed by atoms with Crippen molar-refractivity contribution in [3.05, 3.63) is 63.7 Å². The molecule has 0 radical (unpaired) electrons. The number of non-ortho nitro benzene ring substituents is 1. The molecule has 22 nitrogen and oxygen atoms in total. The fraction of sp³-hybridized carbons (Fsp3) is 0.630. The number of carbonyl (C=O) groups excluding carboxylic acids is 5. The average Bonchev–Trinajstić information content (AvgIpc) is 3.34. The van der Waals surface area contributed by atoms with E-state index in [2.05, 4.69) is 30.9 Å². The van der Waals surface area contributed by atoms with Gasteiger partial charge >= 0.3 is 17.8 Å². The second kappa shape index (κ2) is 31.5. The molecule has 2 aromatic rings. The van der Waals surface area contributed by atoms with Gasteiger partial charge in [0.05, 0.1) is 75.7 Å². The first kappa shape index (κ1) is 57.7. The average molecular weight is 1030 g/mol. The number of hydrogen-bond donors (Lipinski definition) is 5. The van der Waals surface area contributed by atoms with Gasteiger partial charge in [-0.2, -0.15) is 0 Å². The number of likely N-dealkylation sites (tertiary alicyclic amines) is 1. The van der Waals surface area contributed by atoms with Gasteiger partial charge < -0.3 is 49.7 Å². The predicted octanol–water partition coefficient (Wildman–Crippen LogP) is 2.87. The number of sulfonamides is 1. The zero-order valence-electron chi connectivity index (χ0n) is 39.8. The standard InChI is InChI=1S/C46H68ClN7O15S/c1-64-26-27-66-30-31-68-33-32-67-29-28-65-25-22-48-41(55)15-16-42(56)69-40(6-5-20-50-70(62,63)39-13-11-38(12-14-39)54(60)61)43(57)49-21-24-53-23-17-37(34-46(53)18-3-2-4-19-46)52-45(59)44(58)51-36-9-7-35(47)8-10-36/h7-14,37,40,50H,2-6,15-34H2,1H3,(H,48,55)(H,49,57)(H,51,58)(H,52,59). The predicted molar refractivity (Wildman–Crippen MR) is 256 cm³/mol. The van der Waals surface area contributed by atoms with Crippen molar-refractivity contribution < 1.29 is 65.7 Å². The van der Waals surface area contributed by atoms with Crippen LogP contribution in [0, 0.1) is 10.1 Å². The molecule has 1 saturated carbocycles. The van der Waals surface area contributed by atoms with E-state index in [0.29, 0.717) is 89.5 Å². The normalized spacial score (nSPS) is 16.2. The molecule has 1 heterocycles. The van der Waals surface area contributed by atoms with Crippen LogP contribution >= 0.6 is 11.6 Å². The van der Waals surface area contributed by atoms with E-state index in [1.807, 2.05) is 0 Å². The topological polar surface area (TPSA) is 281 Å². The van der Waals surface area contributed by atoms with Crippen LogP contribution in [0.5, 0.6) is 0 Å². The lowest BCUT2D eigenvalue weighted by Crippen LogP contribution is -2.60. The van der Waals surface area contributed by atoms with Gasteiger partial charge in [-0.1, -0.05) is 30.9 Å². The third kappa shape index (κ3) is 21.2. The van der Waals surface area contributed by atoms with Crippen molar-refractivity contribution in [1.82, 2.24) is 25.6 Å². The molecule has 5 N–H and O–H groups in total. The summed E-state index contributed by atoms with van der Waals surface area (Å²) in [6.45, 7) is 4.90. The third-order valence-electron chi connectivity index (χ3n) is 11.7. The number of anilines is 1. The van der Waals surface area contributed by atoms with Crippen molar-refractivity contribution in [2.45, 2.75) is 93.2 Å². The van der Waals surface area contributed by atoms with Gasteiger partial charge in [-0.25, -0.2) is 13.1 Å². The van der Waals surface area contributed by atoms with E-state index in [1.165, 1.54) is 0 Å². The Labute approximate surface area is 414 Å². The van der Waals surface area contributed by atoms with Crippen molar-refractivity contribution in [2.24, 2.45) is 0 Å². The van der Waals surface area contributed by atoms with Crippen LogP contribution in [0.1, 0.15) is 70.6 Å². The number of halogens is 1. The fourth-order valence-electron chi connectivity index (χ4n) is 8.10. The summed E-state index contributed by atoms with van der Waals surface area (Å²) < 4.78 is 60.3. The van der Waals surface area contributed by atoms with Crippen LogP contribution in [0.3, 0.4) is 0 Å². The van der Waals surface area contributed by atoms with E-state index in [4.69, 9.17) is 40.0 Å². The fourth-order valence-corrected chi connectivity index (χ4v) is 9.30. The van der Waals surface area contributed by atoms with Gasteiger partial charge in [-0.3, -0.25) is 39.0 Å². The van der Waals surface area contributed by atoms with E-state index in [-0.39, 0.29) is 74.1 Å². The number of nitro benzene ring substituents is 1. The second-order valence-electron chi connectivity index (χ2n) is 16.7. The molecule has 390 valence electrons. The van der Waals surface area contributed by atoms with E-state index in [0.717, 1.165) is 56.4 Å². The lowest BCUT2D eigenvalue weighted by Gasteiger charge is -2.52. The van der Waals surface area contributed by atoms with Crippen LogP contribution in [0.4, 0.5) is 11.4 Å². The van der Waals surface area contributed by atoms with Crippen LogP contribution in [-0.4, -0.2) is 165 Å². The Bertz CT molecular complexity index is 2060. The van der Waals surface area contributed by atoms with Gasteiger partial charge in [-0.15, -0.1) is 0 Å². The van der Waals surface area contributed by atoms with Crippen molar-refractivity contribution in [3.8, 4) is 0 Å². The first-order chi connectivity index (χ1) is 33.7. The highest BCUT2D eigenvalue weighted by Gasteiger charge is 2.43. The van der Waals surface area contributed by atoms with Gasteiger partial charge in [-0.05, 0) is 74.9 Å². The molecule has 2 atom stereocenters. The number of carbonyl (C=O) groups is 5. The van der Waals surface area contributed by atoms with Crippen molar-refractivity contribution in [3.63, 3.8) is 0 Å². The maximum atomic E-state index is 13.7. The van der Waals surface area contributed by atoms with Crippen LogP contribution < -0.4 is 26.0 Å². The number of piperidine rings is 1. The van der Waals surface area contributed by atoms with Gasteiger partial charge in [0.15, 0.2) is 6.10 Å². The van der Waals surface area contributed by atoms with Crippen molar-refractivity contribution in [1.29, 1.82) is 0 Å². The minimum atomic E-state index is -4.06. The van der Waals surface area contributed by atoms with Crippen LogP contribution in [-0.2, 0) is 62.4 Å². The summed E-state index contributed by atoms with van der Waals surface area (Å²) in [7, 11) is -2.46. The summed E-state index contributed by atoms with van der Waals surface area (Å²) in [5, 5.41) is 22.6. The second-order valence-corrected chi connectivity index (χ2v) is 19.0. The molecule has 0 bridgehead atoms. The van der Waals surface area contributed by atoms with Crippen LogP contribution in [0.25, 0.3) is 0 Å². The van der Waals surface area contributed by atoms with Crippen molar-refractivity contribution >= 4 is 62.6 Å². The quantitative estimate of drug-likeness (QED) is 0.0232. The van der Waals surface area contributed by atoms with Crippen LogP contribution in [0.15, 0.2) is 53.4 Å². The number of methoxy groups -OCH3 is 1. The Balaban J connectivity index is 1.23. The van der Waals surface area contributed by atoms with Crippen LogP contribution in [0.2, 0.25) is 5.02 Å². The molecule has 1 saturated heterocycles. The molecule has 1 aliphatic heterocycles. The van der Waals surface area contributed by atoms with E-state index >= 15 is 0 Å². The minimum Gasteiger partial charge on any atom is -0.452 e. The molecule has 2 fully saturated rings. The van der Waals surface area contributed by atoms with Crippen molar-refractivity contribution in [2.75, 3.05) is 105 Å². The number of ether oxygens (including phenoxy) is 6. The molecule has 4 rings (SSSR count). The number of hydrogen-bond acceptors (Lipinski definition) is 16. The van der Waals surface area contributed by atoms with Gasteiger partial charge in [0.2, 0.25) is 15.9 Å². The molecule has 2 aromatic carbocycles. The van der Waals surface area contributed by atoms with E-state index < -0.39 is 50.6 Å². The Morgan fingerprint density at radius 2 is 1.43 bits per heavy atom. The van der Waals surface area contributed by atoms with E-state index in [1.54, 1.807) is 31.4 Å². The van der Waals surface area contributed by atoms with Gasteiger partial charge in [0.1, 0.15) is 0 Å². The van der Waals surface area contributed by atoms with E-state index in [9.17, 15) is 42.5 Å². The molecule has 1 spiro atoms. The number of benzene rings is 2.